The Labute approximate surface area is 85.5 Å². The Hall–Kier alpha value is -0.610. The SMILES string of the molecule is CC(C(=O)N(C)C)N1CCC[C@H](O)C1. The lowest BCUT2D eigenvalue weighted by Crippen LogP contribution is -2.49. The quantitative estimate of drug-likeness (QED) is 0.678. The van der Waals surface area contributed by atoms with E-state index in [1.165, 1.54) is 0 Å². The highest BCUT2D eigenvalue weighted by atomic mass is 16.3. The lowest BCUT2D eigenvalue weighted by atomic mass is 10.1. The van der Waals surface area contributed by atoms with Gasteiger partial charge in [-0.05, 0) is 26.3 Å². The van der Waals surface area contributed by atoms with E-state index in [4.69, 9.17) is 0 Å². The molecule has 0 spiro atoms. The van der Waals surface area contributed by atoms with Crippen molar-refractivity contribution < 1.29 is 9.90 Å². The number of hydrogen-bond donors (Lipinski definition) is 1. The fourth-order valence-electron chi connectivity index (χ4n) is 1.86. The zero-order valence-electron chi connectivity index (χ0n) is 9.23. The number of β-amino-alcohol motifs (C(OH)–C–C–N with tert-alkyl or cyclic N) is 1. The largest absolute Gasteiger partial charge is 0.392 e. The van der Waals surface area contributed by atoms with Gasteiger partial charge in [-0.2, -0.15) is 0 Å². The first-order valence-corrected chi connectivity index (χ1v) is 5.15. The van der Waals surface area contributed by atoms with Crippen molar-refractivity contribution in [3.8, 4) is 0 Å². The van der Waals surface area contributed by atoms with E-state index in [0.29, 0.717) is 6.54 Å². The second kappa shape index (κ2) is 4.75. The van der Waals surface area contributed by atoms with Crippen molar-refractivity contribution in [1.29, 1.82) is 0 Å². The molecular weight excluding hydrogens is 180 g/mol. The van der Waals surface area contributed by atoms with E-state index >= 15 is 0 Å². The molecule has 0 aromatic heterocycles. The topological polar surface area (TPSA) is 43.8 Å². The third kappa shape index (κ3) is 2.69. The summed E-state index contributed by atoms with van der Waals surface area (Å²) in [6, 6.07) is -0.111. The number of likely N-dealkylation sites (tertiary alicyclic amines) is 1. The molecule has 0 radical (unpaired) electrons. The van der Waals surface area contributed by atoms with E-state index in [0.717, 1.165) is 19.4 Å². The predicted molar refractivity (Wildman–Crippen MR) is 55.0 cm³/mol. The molecule has 1 unspecified atom stereocenters. The minimum Gasteiger partial charge on any atom is -0.392 e. The lowest BCUT2D eigenvalue weighted by Gasteiger charge is -2.35. The summed E-state index contributed by atoms with van der Waals surface area (Å²) in [6.07, 6.45) is 1.58. The first-order valence-electron chi connectivity index (χ1n) is 5.15. The summed E-state index contributed by atoms with van der Waals surface area (Å²) in [5.41, 5.74) is 0. The number of piperidine rings is 1. The Morgan fingerprint density at radius 1 is 1.57 bits per heavy atom. The van der Waals surface area contributed by atoms with E-state index < -0.39 is 0 Å². The Balaban J connectivity index is 2.51. The highest BCUT2D eigenvalue weighted by Crippen LogP contribution is 2.13. The lowest BCUT2D eigenvalue weighted by molar-refractivity contribution is -0.134. The van der Waals surface area contributed by atoms with Crippen LogP contribution >= 0.6 is 0 Å². The number of hydrogen-bond acceptors (Lipinski definition) is 3. The zero-order valence-corrected chi connectivity index (χ0v) is 9.23. The first kappa shape index (κ1) is 11.5. The molecule has 0 aliphatic carbocycles. The molecule has 4 nitrogen and oxygen atoms in total. The monoisotopic (exact) mass is 200 g/mol. The summed E-state index contributed by atoms with van der Waals surface area (Å²) < 4.78 is 0. The van der Waals surface area contributed by atoms with Gasteiger partial charge in [0.15, 0.2) is 0 Å². The molecule has 1 amide bonds. The number of nitrogens with zero attached hydrogens (tertiary/aromatic N) is 2. The Bertz CT molecular complexity index is 206. The van der Waals surface area contributed by atoms with Gasteiger partial charge >= 0.3 is 0 Å². The second-order valence-electron chi connectivity index (χ2n) is 4.20. The maximum Gasteiger partial charge on any atom is 0.239 e. The fraction of sp³-hybridized carbons (Fsp3) is 0.900. The van der Waals surface area contributed by atoms with Crippen LogP contribution in [-0.2, 0) is 4.79 Å². The molecule has 1 aliphatic rings. The van der Waals surface area contributed by atoms with Crippen LogP contribution in [0.1, 0.15) is 19.8 Å². The number of amides is 1. The van der Waals surface area contributed by atoms with Crippen molar-refractivity contribution in [2.24, 2.45) is 0 Å². The van der Waals surface area contributed by atoms with Gasteiger partial charge in [0.1, 0.15) is 0 Å². The Morgan fingerprint density at radius 3 is 2.71 bits per heavy atom. The fourth-order valence-corrected chi connectivity index (χ4v) is 1.86. The van der Waals surface area contributed by atoms with E-state index in [1.54, 1.807) is 19.0 Å². The van der Waals surface area contributed by atoms with Crippen molar-refractivity contribution >= 4 is 5.91 Å². The molecule has 1 fully saturated rings. The summed E-state index contributed by atoms with van der Waals surface area (Å²) in [7, 11) is 3.53. The molecule has 4 heteroatoms. The number of aliphatic hydroxyl groups excluding tert-OH is 1. The molecule has 0 aromatic rings. The molecule has 1 aliphatic heterocycles. The van der Waals surface area contributed by atoms with Gasteiger partial charge in [-0.3, -0.25) is 9.69 Å². The molecule has 0 bridgehead atoms. The highest BCUT2D eigenvalue weighted by Gasteiger charge is 2.26. The van der Waals surface area contributed by atoms with Crippen LogP contribution in [0.2, 0.25) is 0 Å². The molecule has 1 N–H and O–H groups in total. The highest BCUT2D eigenvalue weighted by molar-refractivity contribution is 5.80. The third-order valence-corrected chi connectivity index (χ3v) is 2.77. The van der Waals surface area contributed by atoms with Gasteiger partial charge < -0.3 is 10.0 Å². The smallest absolute Gasteiger partial charge is 0.239 e. The summed E-state index contributed by atoms with van der Waals surface area (Å²) in [6.45, 7) is 3.44. The second-order valence-corrected chi connectivity index (χ2v) is 4.20. The summed E-state index contributed by atoms with van der Waals surface area (Å²) in [4.78, 5) is 15.3. The minimum absolute atomic E-state index is 0.110. The molecule has 1 heterocycles. The zero-order chi connectivity index (χ0) is 10.7. The summed E-state index contributed by atoms with van der Waals surface area (Å²) in [5.74, 6) is 0.110. The standard InChI is InChI=1S/C10H20N2O2/c1-8(10(14)11(2)3)12-6-4-5-9(13)7-12/h8-9,13H,4-7H2,1-3H3/t8?,9-/m0/s1. The van der Waals surface area contributed by atoms with Gasteiger partial charge in [-0.15, -0.1) is 0 Å². The van der Waals surface area contributed by atoms with Crippen LogP contribution in [0.25, 0.3) is 0 Å². The molecule has 1 rings (SSSR count). The maximum atomic E-state index is 11.7. The molecule has 14 heavy (non-hydrogen) atoms. The average molecular weight is 200 g/mol. The van der Waals surface area contributed by atoms with E-state index in [9.17, 15) is 9.90 Å². The van der Waals surface area contributed by atoms with Gasteiger partial charge in [0.2, 0.25) is 5.91 Å². The summed E-state index contributed by atoms with van der Waals surface area (Å²) >= 11 is 0. The average Bonchev–Trinajstić information content (AvgIpc) is 2.15. The number of carbonyl (C=O) groups excluding carboxylic acids is 1. The van der Waals surface area contributed by atoms with Crippen LogP contribution in [0, 0.1) is 0 Å². The van der Waals surface area contributed by atoms with Gasteiger partial charge in [0.05, 0.1) is 12.1 Å². The molecule has 0 aromatic carbocycles. The molecule has 1 saturated heterocycles. The van der Waals surface area contributed by atoms with E-state index in [-0.39, 0.29) is 18.1 Å². The van der Waals surface area contributed by atoms with Crippen LogP contribution in [0.4, 0.5) is 0 Å². The summed E-state index contributed by atoms with van der Waals surface area (Å²) in [5, 5.41) is 9.48. The minimum atomic E-state index is -0.263. The molecule has 82 valence electrons. The van der Waals surface area contributed by atoms with Crippen LogP contribution in [-0.4, -0.2) is 60.1 Å². The number of carbonyl (C=O) groups is 1. The van der Waals surface area contributed by atoms with Gasteiger partial charge in [0.25, 0.3) is 0 Å². The van der Waals surface area contributed by atoms with Crippen molar-refractivity contribution in [3.63, 3.8) is 0 Å². The number of aliphatic hydroxyl groups is 1. The van der Waals surface area contributed by atoms with Crippen LogP contribution < -0.4 is 0 Å². The first-order chi connectivity index (χ1) is 6.52. The van der Waals surface area contributed by atoms with Gasteiger partial charge in [0, 0.05) is 20.6 Å². The van der Waals surface area contributed by atoms with Crippen molar-refractivity contribution in [3.05, 3.63) is 0 Å². The number of likely N-dealkylation sites (N-methyl/N-ethyl adjacent to an activating group) is 1. The molecule has 0 saturated carbocycles. The van der Waals surface area contributed by atoms with Gasteiger partial charge in [-0.1, -0.05) is 0 Å². The van der Waals surface area contributed by atoms with Crippen LogP contribution in [0.3, 0.4) is 0 Å². The maximum absolute atomic E-state index is 11.7. The predicted octanol–water partition coefficient (Wildman–Crippen LogP) is -0.0802. The number of rotatable bonds is 2. The van der Waals surface area contributed by atoms with Crippen molar-refractivity contribution in [2.45, 2.75) is 31.9 Å². The molecular formula is C10H20N2O2. The van der Waals surface area contributed by atoms with Crippen LogP contribution in [0.15, 0.2) is 0 Å². The van der Waals surface area contributed by atoms with Crippen LogP contribution in [0.5, 0.6) is 0 Å². The normalized spacial score (nSPS) is 25.9. The van der Waals surface area contributed by atoms with Gasteiger partial charge in [-0.25, -0.2) is 0 Å². The van der Waals surface area contributed by atoms with Crippen molar-refractivity contribution in [1.82, 2.24) is 9.80 Å². The third-order valence-electron chi connectivity index (χ3n) is 2.77. The van der Waals surface area contributed by atoms with E-state index in [1.807, 2.05) is 6.92 Å². The Morgan fingerprint density at radius 2 is 2.21 bits per heavy atom. The van der Waals surface area contributed by atoms with E-state index in [2.05, 4.69) is 4.90 Å². The van der Waals surface area contributed by atoms with Crippen molar-refractivity contribution in [2.75, 3.05) is 27.2 Å². The molecule has 2 atom stereocenters. The Kier molecular flexibility index (Phi) is 3.89.